The first-order valence-corrected chi connectivity index (χ1v) is 7.41. The lowest BCUT2D eigenvalue weighted by Crippen LogP contribution is -2.35. The number of esters is 2. The zero-order valence-corrected chi connectivity index (χ0v) is 13.6. The van der Waals surface area contributed by atoms with E-state index in [0.29, 0.717) is 16.6 Å². The molecule has 6 nitrogen and oxygen atoms in total. The van der Waals surface area contributed by atoms with Crippen LogP contribution in [0.5, 0.6) is 11.5 Å². The number of ether oxygens (including phenoxy) is 2. The molecule has 0 aliphatic carbocycles. The molecule has 0 saturated heterocycles. The fourth-order valence-corrected chi connectivity index (χ4v) is 1.89. The third kappa shape index (κ3) is 5.83. The second-order valence-corrected chi connectivity index (χ2v) is 5.40. The minimum atomic E-state index is -0.676. The number of nitrogens with zero attached hydrogens (tertiary/aromatic N) is 1. The second kappa shape index (κ2) is 8.24. The summed E-state index contributed by atoms with van der Waals surface area (Å²) in [7, 11) is 0. The molecule has 2 rings (SSSR count). The molecular formula is C18H19NO5. The lowest BCUT2D eigenvalue weighted by Gasteiger charge is -2.13. The summed E-state index contributed by atoms with van der Waals surface area (Å²) in [6.45, 7) is 2.94. The normalized spacial score (nSPS) is 10.5. The number of carbonyl (C=O) groups is 2. The number of hydrogen-bond donors (Lipinski definition) is 1. The van der Waals surface area contributed by atoms with E-state index < -0.39 is 25.0 Å². The second-order valence-electron chi connectivity index (χ2n) is 5.40. The van der Waals surface area contributed by atoms with E-state index in [1.807, 2.05) is 13.8 Å². The molecule has 0 fully saturated rings. The Morgan fingerprint density at radius 1 is 0.792 bits per heavy atom. The predicted octanol–water partition coefficient (Wildman–Crippen LogP) is 2.51. The smallest absolute Gasteiger partial charge is 0.328 e. The van der Waals surface area contributed by atoms with Gasteiger partial charge in [0.05, 0.1) is 0 Å². The molecule has 0 bridgehead atoms. The van der Waals surface area contributed by atoms with Crippen molar-refractivity contribution in [1.82, 2.24) is 5.06 Å². The molecule has 24 heavy (non-hydrogen) atoms. The molecule has 0 aliphatic rings. The summed E-state index contributed by atoms with van der Waals surface area (Å²) in [4.78, 5) is 23.4. The maximum atomic E-state index is 11.7. The topological polar surface area (TPSA) is 76.1 Å². The van der Waals surface area contributed by atoms with Gasteiger partial charge in [0, 0.05) is 0 Å². The molecule has 0 heterocycles. The highest BCUT2D eigenvalue weighted by atomic mass is 16.6. The van der Waals surface area contributed by atoms with E-state index in [2.05, 4.69) is 0 Å². The first-order chi connectivity index (χ1) is 11.4. The average Bonchev–Trinajstić information content (AvgIpc) is 2.51. The summed E-state index contributed by atoms with van der Waals surface area (Å²) in [5.41, 5.74) is 2.08. The Kier molecular flexibility index (Phi) is 6.06. The van der Waals surface area contributed by atoms with Crippen LogP contribution in [-0.4, -0.2) is 35.3 Å². The van der Waals surface area contributed by atoms with E-state index in [1.54, 1.807) is 48.5 Å². The van der Waals surface area contributed by atoms with Gasteiger partial charge in [-0.15, -0.1) is 0 Å². The largest absolute Gasteiger partial charge is 0.426 e. The average molecular weight is 329 g/mol. The summed E-state index contributed by atoms with van der Waals surface area (Å²) < 4.78 is 10.1. The molecule has 2 aromatic rings. The molecule has 0 atom stereocenters. The van der Waals surface area contributed by atoms with Crippen LogP contribution in [-0.2, 0) is 9.59 Å². The molecular weight excluding hydrogens is 310 g/mol. The first kappa shape index (κ1) is 17.7. The van der Waals surface area contributed by atoms with Gasteiger partial charge >= 0.3 is 11.9 Å². The van der Waals surface area contributed by atoms with Crippen molar-refractivity contribution in [3.05, 3.63) is 59.7 Å². The number of hydroxylamine groups is 2. The van der Waals surface area contributed by atoms with Crippen molar-refractivity contribution >= 4 is 11.9 Å². The van der Waals surface area contributed by atoms with Crippen LogP contribution < -0.4 is 9.47 Å². The van der Waals surface area contributed by atoms with Crippen molar-refractivity contribution < 1.29 is 24.3 Å². The van der Waals surface area contributed by atoms with Crippen molar-refractivity contribution in [2.24, 2.45) is 0 Å². The van der Waals surface area contributed by atoms with Crippen LogP contribution in [0.2, 0.25) is 0 Å². The Balaban J connectivity index is 1.78. The number of hydrogen-bond acceptors (Lipinski definition) is 6. The highest BCUT2D eigenvalue weighted by Crippen LogP contribution is 2.12. The SMILES string of the molecule is Cc1ccc(OC(=O)CN(O)CC(=O)Oc2ccc(C)cc2)cc1. The van der Waals surface area contributed by atoms with Crippen LogP contribution in [0.3, 0.4) is 0 Å². The third-order valence-corrected chi connectivity index (χ3v) is 3.13. The highest BCUT2D eigenvalue weighted by Gasteiger charge is 2.15. The molecule has 6 heteroatoms. The van der Waals surface area contributed by atoms with Gasteiger partial charge in [0.15, 0.2) is 0 Å². The van der Waals surface area contributed by atoms with Crippen LogP contribution in [0, 0.1) is 13.8 Å². The van der Waals surface area contributed by atoms with Crippen molar-refractivity contribution in [3.63, 3.8) is 0 Å². The summed E-state index contributed by atoms with van der Waals surface area (Å²) in [6.07, 6.45) is 0. The molecule has 0 saturated carbocycles. The van der Waals surface area contributed by atoms with Gasteiger partial charge in [-0.05, 0) is 38.1 Å². The minimum Gasteiger partial charge on any atom is -0.426 e. The van der Waals surface area contributed by atoms with Gasteiger partial charge < -0.3 is 14.7 Å². The molecule has 0 unspecified atom stereocenters. The van der Waals surface area contributed by atoms with Crippen molar-refractivity contribution in [2.45, 2.75) is 13.8 Å². The monoisotopic (exact) mass is 329 g/mol. The van der Waals surface area contributed by atoms with Crippen molar-refractivity contribution in [1.29, 1.82) is 0 Å². The molecule has 0 amide bonds. The van der Waals surface area contributed by atoms with Gasteiger partial charge in [-0.25, -0.2) is 0 Å². The van der Waals surface area contributed by atoms with E-state index in [-0.39, 0.29) is 0 Å². The molecule has 0 radical (unpaired) electrons. The van der Waals surface area contributed by atoms with E-state index >= 15 is 0 Å². The highest BCUT2D eigenvalue weighted by molar-refractivity contribution is 5.77. The zero-order chi connectivity index (χ0) is 17.5. The number of aryl methyl sites for hydroxylation is 2. The molecule has 0 aromatic heterocycles. The summed E-state index contributed by atoms with van der Waals surface area (Å²) in [6, 6.07) is 13.8. The number of carbonyl (C=O) groups excluding carboxylic acids is 2. The van der Waals surface area contributed by atoms with Crippen LogP contribution in [0.25, 0.3) is 0 Å². The Hall–Kier alpha value is -2.70. The quantitative estimate of drug-likeness (QED) is 0.498. The van der Waals surface area contributed by atoms with Crippen molar-refractivity contribution in [3.8, 4) is 11.5 Å². The van der Waals surface area contributed by atoms with E-state index in [1.165, 1.54) is 0 Å². The Morgan fingerprint density at radius 2 is 1.12 bits per heavy atom. The summed E-state index contributed by atoms with van der Waals surface area (Å²) >= 11 is 0. The molecule has 1 N–H and O–H groups in total. The Morgan fingerprint density at radius 3 is 1.46 bits per heavy atom. The fraction of sp³-hybridized carbons (Fsp3) is 0.222. The van der Waals surface area contributed by atoms with E-state index in [9.17, 15) is 14.8 Å². The van der Waals surface area contributed by atoms with Crippen LogP contribution in [0.15, 0.2) is 48.5 Å². The standard InChI is InChI=1S/C18H19NO5/c1-13-3-7-15(8-4-13)23-17(20)11-19(22)12-18(21)24-16-9-5-14(2)6-10-16/h3-10,22H,11-12H2,1-2H3. The lowest BCUT2D eigenvalue weighted by atomic mass is 10.2. The van der Waals surface area contributed by atoms with E-state index in [0.717, 1.165) is 11.1 Å². The third-order valence-electron chi connectivity index (χ3n) is 3.13. The van der Waals surface area contributed by atoms with Gasteiger partial charge in [-0.2, -0.15) is 5.06 Å². The number of rotatable bonds is 6. The minimum absolute atomic E-state index is 0.376. The first-order valence-electron chi connectivity index (χ1n) is 7.41. The Bertz CT molecular complexity index is 633. The molecule has 126 valence electrons. The van der Waals surface area contributed by atoms with Gasteiger partial charge in [-0.3, -0.25) is 9.59 Å². The molecule has 0 aliphatic heterocycles. The number of benzene rings is 2. The Labute approximate surface area is 140 Å². The summed E-state index contributed by atoms with van der Waals surface area (Å²) in [5, 5.41) is 10.2. The summed E-state index contributed by atoms with van der Waals surface area (Å²) in [5.74, 6) is -0.601. The van der Waals surface area contributed by atoms with E-state index in [4.69, 9.17) is 9.47 Å². The van der Waals surface area contributed by atoms with Gasteiger partial charge in [-0.1, -0.05) is 35.4 Å². The fourth-order valence-electron chi connectivity index (χ4n) is 1.89. The molecule has 0 spiro atoms. The van der Waals surface area contributed by atoms with Crippen LogP contribution in [0.1, 0.15) is 11.1 Å². The maximum Gasteiger partial charge on any atom is 0.328 e. The van der Waals surface area contributed by atoms with Gasteiger partial charge in [0.1, 0.15) is 24.6 Å². The van der Waals surface area contributed by atoms with Crippen LogP contribution in [0.4, 0.5) is 0 Å². The van der Waals surface area contributed by atoms with Crippen molar-refractivity contribution in [2.75, 3.05) is 13.1 Å². The van der Waals surface area contributed by atoms with Gasteiger partial charge in [0.25, 0.3) is 0 Å². The predicted molar refractivity (Wildman–Crippen MR) is 87.0 cm³/mol. The maximum absolute atomic E-state index is 11.7. The lowest BCUT2D eigenvalue weighted by molar-refractivity contribution is -0.159. The molecule has 2 aromatic carbocycles. The van der Waals surface area contributed by atoms with Gasteiger partial charge in [0.2, 0.25) is 0 Å². The zero-order valence-electron chi connectivity index (χ0n) is 13.6. The van der Waals surface area contributed by atoms with Crippen LogP contribution >= 0.6 is 0 Å².